The number of rotatable bonds is 5. The van der Waals surface area contributed by atoms with Crippen LogP contribution in [0.3, 0.4) is 0 Å². The van der Waals surface area contributed by atoms with E-state index in [-0.39, 0.29) is 6.04 Å². The first-order valence-electron chi connectivity index (χ1n) is 7.13. The van der Waals surface area contributed by atoms with Gasteiger partial charge in [0.25, 0.3) is 0 Å². The highest BCUT2D eigenvalue weighted by Crippen LogP contribution is 2.41. The highest BCUT2D eigenvalue weighted by Gasteiger charge is 2.24. The fraction of sp³-hybridized carbons (Fsp3) is 0.375. The van der Waals surface area contributed by atoms with Gasteiger partial charge in [-0.2, -0.15) is 0 Å². The Morgan fingerprint density at radius 3 is 2.95 bits per heavy atom. The second-order valence-corrected chi connectivity index (χ2v) is 8.35. The third-order valence-electron chi connectivity index (χ3n) is 3.60. The van der Waals surface area contributed by atoms with Gasteiger partial charge in [-0.05, 0) is 56.5 Å². The van der Waals surface area contributed by atoms with Crippen molar-refractivity contribution >= 4 is 43.2 Å². The molecule has 0 saturated carbocycles. The van der Waals surface area contributed by atoms with Crippen molar-refractivity contribution in [3.8, 4) is 5.75 Å². The molecule has 0 bridgehead atoms. The van der Waals surface area contributed by atoms with E-state index >= 15 is 0 Å². The lowest BCUT2D eigenvalue weighted by molar-refractivity contribution is 0.350. The Hall–Kier alpha value is -0.360. The van der Waals surface area contributed by atoms with Gasteiger partial charge in [-0.1, -0.05) is 25.1 Å². The lowest BCUT2D eigenvalue weighted by atomic mass is 10.0. The van der Waals surface area contributed by atoms with Crippen molar-refractivity contribution in [2.75, 3.05) is 13.2 Å². The summed E-state index contributed by atoms with van der Waals surface area (Å²) in [6, 6.07) is 8.87. The molecule has 1 N–H and O–H groups in total. The highest BCUT2D eigenvalue weighted by atomic mass is 79.9. The monoisotopic (exact) mass is 429 g/mol. The summed E-state index contributed by atoms with van der Waals surface area (Å²) >= 11 is 8.96. The molecule has 21 heavy (non-hydrogen) atoms. The van der Waals surface area contributed by atoms with E-state index in [2.05, 4.69) is 68.4 Å². The number of hydrogen-bond donors (Lipinski definition) is 1. The van der Waals surface area contributed by atoms with Gasteiger partial charge in [-0.15, -0.1) is 11.3 Å². The summed E-state index contributed by atoms with van der Waals surface area (Å²) in [4.78, 5) is 1.30. The fourth-order valence-electron chi connectivity index (χ4n) is 2.63. The van der Waals surface area contributed by atoms with Crippen molar-refractivity contribution in [2.24, 2.45) is 0 Å². The van der Waals surface area contributed by atoms with Crippen LogP contribution in [0.15, 0.2) is 32.5 Å². The van der Waals surface area contributed by atoms with Crippen molar-refractivity contribution in [1.82, 2.24) is 5.32 Å². The predicted octanol–water partition coefficient (Wildman–Crippen LogP) is 5.30. The summed E-state index contributed by atoms with van der Waals surface area (Å²) in [5.41, 5.74) is 2.57. The summed E-state index contributed by atoms with van der Waals surface area (Å²) in [5, 5.41) is 3.66. The van der Waals surface area contributed by atoms with Gasteiger partial charge >= 0.3 is 0 Å². The zero-order chi connectivity index (χ0) is 14.8. The Labute approximate surface area is 146 Å². The Bertz CT molecular complexity index is 622. The predicted molar refractivity (Wildman–Crippen MR) is 95.5 cm³/mol. The average molecular weight is 431 g/mol. The first-order chi connectivity index (χ1) is 10.2. The van der Waals surface area contributed by atoms with Gasteiger partial charge < -0.3 is 10.1 Å². The van der Waals surface area contributed by atoms with Crippen LogP contribution in [0.25, 0.3) is 0 Å². The molecule has 1 aliphatic heterocycles. The minimum Gasteiger partial charge on any atom is -0.493 e. The molecule has 0 radical (unpaired) electrons. The molecule has 0 aliphatic carbocycles. The number of para-hydroxylation sites is 1. The summed E-state index contributed by atoms with van der Waals surface area (Å²) in [6.45, 7) is 3.97. The summed E-state index contributed by atoms with van der Waals surface area (Å²) in [7, 11) is 0. The molecule has 1 atom stereocenters. The molecule has 1 aliphatic rings. The van der Waals surface area contributed by atoms with Gasteiger partial charge in [0.1, 0.15) is 5.75 Å². The molecule has 2 aromatic rings. The van der Waals surface area contributed by atoms with Crippen molar-refractivity contribution in [2.45, 2.75) is 25.8 Å². The zero-order valence-electron chi connectivity index (χ0n) is 11.8. The quantitative estimate of drug-likeness (QED) is 0.694. The number of nitrogens with one attached hydrogen (secondary N) is 1. The Morgan fingerprint density at radius 2 is 2.24 bits per heavy atom. The maximum atomic E-state index is 5.89. The highest BCUT2D eigenvalue weighted by molar-refractivity contribution is 9.13. The van der Waals surface area contributed by atoms with E-state index in [9.17, 15) is 0 Å². The van der Waals surface area contributed by atoms with Crippen LogP contribution in [0.4, 0.5) is 0 Å². The van der Waals surface area contributed by atoms with Crippen LogP contribution in [-0.2, 0) is 6.42 Å². The molecule has 3 rings (SSSR count). The van der Waals surface area contributed by atoms with Crippen LogP contribution < -0.4 is 10.1 Å². The average Bonchev–Trinajstić information content (AvgIpc) is 3.07. The van der Waals surface area contributed by atoms with Gasteiger partial charge in [0.05, 0.1) is 16.4 Å². The topological polar surface area (TPSA) is 21.3 Å². The van der Waals surface area contributed by atoms with Crippen LogP contribution >= 0.6 is 43.2 Å². The number of hydrogen-bond acceptors (Lipinski definition) is 3. The molecule has 112 valence electrons. The van der Waals surface area contributed by atoms with E-state index in [1.54, 1.807) is 11.3 Å². The van der Waals surface area contributed by atoms with E-state index in [4.69, 9.17) is 4.74 Å². The van der Waals surface area contributed by atoms with Crippen LogP contribution in [0.1, 0.15) is 35.4 Å². The number of halogens is 2. The molecule has 1 unspecified atom stereocenters. The van der Waals surface area contributed by atoms with Crippen molar-refractivity contribution in [3.05, 3.63) is 48.5 Å². The molecule has 1 aromatic heterocycles. The van der Waals surface area contributed by atoms with Crippen LogP contribution in [0.5, 0.6) is 5.75 Å². The number of ether oxygens (including phenoxy) is 1. The van der Waals surface area contributed by atoms with Gasteiger partial charge in [-0.25, -0.2) is 0 Å². The first-order valence-corrected chi connectivity index (χ1v) is 9.53. The number of thiophene rings is 1. The van der Waals surface area contributed by atoms with Gasteiger partial charge in [0.2, 0.25) is 0 Å². The second-order valence-electron chi connectivity index (χ2n) is 5.09. The van der Waals surface area contributed by atoms with E-state index in [1.165, 1.54) is 16.0 Å². The van der Waals surface area contributed by atoms with Crippen molar-refractivity contribution < 1.29 is 4.74 Å². The lowest BCUT2D eigenvalue weighted by Gasteiger charge is -2.20. The minimum atomic E-state index is 0.186. The first kappa shape index (κ1) is 15.5. The minimum absolute atomic E-state index is 0.186. The molecular weight excluding hydrogens is 414 g/mol. The molecule has 5 heteroatoms. The standard InChI is InChI=1S/C16H17Br2NOS/c1-2-7-19-14(13-9-12(17)16(18)21-13)11-5-3-4-10-6-8-20-15(10)11/h3-5,9,14,19H,2,6-8H2,1H3. The SMILES string of the molecule is CCCNC(c1cc(Br)c(Br)s1)c1cccc2c1OCC2. The number of benzene rings is 1. The molecule has 2 nitrogen and oxygen atoms in total. The van der Waals surface area contributed by atoms with Crippen LogP contribution in [-0.4, -0.2) is 13.2 Å². The van der Waals surface area contributed by atoms with Crippen LogP contribution in [0, 0.1) is 0 Å². The van der Waals surface area contributed by atoms with Crippen molar-refractivity contribution in [3.63, 3.8) is 0 Å². The third-order valence-corrected chi connectivity index (χ3v) is 6.92. The van der Waals surface area contributed by atoms with Gasteiger partial charge in [-0.3, -0.25) is 0 Å². The zero-order valence-corrected chi connectivity index (χ0v) is 15.8. The molecule has 0 spiro atoms. The van der Waals surface area contributed by atoms with Crippen LogP contribution in [0.2, 0.25) is 0 Å². The summed E-state index contributed by atoms with van der Waals surface area (Å²) in [6.07, 6.45) is 2.13. The molecule has 1 aromatic carbocycles. The Morgan fingerprint density at radius 1 is 1.38 bits per heavy atom. The summed E-state index contributed by atoms with van der Waals surface area (Å²) in [5.74, 6) is 1.08. The molecule has 0 saturated heterocycles. The largest absolute Gasteiger partial charge is 0.493 e. The lowest BCUT2D eigenvalue weighted by Crippen LogP contribution is -2.22. The van der Waals surface area contributed by atoms with E-state index in [0.29, 0.717) is 0 Å². The van der Waals surface area contributed by atoms with Gasteiger partial charge in [0, 0.05) is 21.3 Å². The fourth-order valence-corrected chi connectivity index (χ4v) is 4.81. The molecule has 2 heterocycles. The maximum absolute atomic E-state index is 5.89. The molecular formula is C16H17Br2NOS. The van der Waals surface area contributed by atoms with E-state index in [0.717, 1.165) is 40.0 Å². The summed E-state index contributed by atoms with van der Waals surface area (Å²) < 4.78 is 8.13. The van der Waals surface area contributed by atoms with Gasteiger partial charge in [0.15, 0.2) is 0 Å². The van der Waals surface area contributed by atoms with E-state index in [1.807, 2.05) is 0 Å². The Balaban J connectivity index is 2.01. The van der Waals surface area contributed by atoms with Crippen molar-refractivity contribution in [1.29, 1.82) is 0 Å². The normalized spacial score (nSPS) is 14.8. The molecule has 0 fully saturated rings. The second kappa shape index (κ2) is 6.82. The number of fused-ring (bicyclic) bond motifs is 1. The smallest absolute Gasteiger partial charge is 0.127 e. The van der Waals surface area contributed by atoms with E-state index < -0.39 is 0 Å². The molecule has 0 amide bonds. The Kier molecular flexibility index (Phi) is 5.04. The maximum Gasteiger partial charge on any atom is 0.127 e. The third kappa shape index (κ3) is 3.21.